The van der Waals surface area contributed by atoms with E-state index in [1.807, 2.05) is 18.0 Å². The van der Waals surface area contributed by atoms with Gasteiger partial charge in [-0.2, -0.15) is 0 Å². The van der Waals surface area contributed by atoms with Gasteiger partial charge < -0.3 is 10.6 Å². The number of hydrogen-bond acceptors (Lipinski definition) is 2. The summed E-state index contributed by atoms with van der Waals surface area (Å²) in [5.74, 6) is 0.0801. The number of halogens is 1. The summed E-state index contributed by atoms with van der Waals surface area (Å²) in [6, 6.07) is 4.80. The molecule has 0 heterocycles. The third-order valence-electron chi connectivity index (χ3n) is 2.90. The Kier molecular flexibility index (Phi) is 2.81. The minimum Gasteiger partial charge on any atom is -0.384 e. The van der Waals surface area contributed by atoms with Crippen molar-refractivity contribution in [1.29, 1.82) is 5.41 Å². The molecule has 1 aliphatic rings. The number of nitrogen functional groups attached to an aromatic ring is 1. The topological polar surface area (TPSA) is 53.1 Å². The Morgan fingerprint density at radius 1 is 1.56 bits per heavy atom. The molecule has 0 radical (unpaired) electrons. The standard InChI is InChI=1S/C12H16FN3/c1-16(7-8-5-6-8)10-4-2-3-9(13)11(10)12(14)15/h2-4,8H,5-7H2,1H3,(H3,14,15). The number of nitrogens with zero attached hydrogens (tertiary/aromatic N) is 1. The van der Waals surface area contributed by atoms with Crippen molar-refractivity contribution in [2.24, 2.45) is 11.7 Å². The van der Waals surface area contributed by atoms with E-state index in [0.29, 0.717) is 11.6 Å². The normalized spacial score (nSPS) is 14.9. The fourth-order valence-electron chi connectivity index (χ4n) is 1.88. The first-order valence-corrected chi connectivity index (χ1v) is 5.43. The van der Waals surface area contributed by atoms with Crippen molar-refractivity contribution in [2.45, 2.75) is 12.8 Å². The Bertz CT molecular complexity index is 413. The number of nitrogens with two attached hydrogens (primary N) is 1. The summed E-state index contributed by atoms with van der Waals surface area (Å²) in [4.78, 5) is 1.98. The summed E-state index contributed by atoms with van der Waals surface area (Å²) in [7, 11) is 1.92. The Labute approximate surface area is 94.6 Å². The van der Waals surface area contributed by atoms with Crippen LogP contribution < -0.4 is 10.6 Å². The van der Waals surface area contributed by atoms with E-state index in [4.69, 9.17) is 11.1 Å². The van der Waals surface area contributed by atoms with Crippen LogP contribution in [0.4, 0.5) is 10.1 Å². The first-order valence-electron chi connectivity index (χ1n) is 5.43. The number of anilines is 1. The molecule has 1 aromatic rings. The molecule has 16 heavy (non-hydrogen) atoms. The van der Waals surface area contributed by atoms with Gasteiger partial charge in [-0.3, -0.25) is 5.41 Å². The zero-order valence-electron chi connectivity index (χ0n) is 9.33. The highest BCUT2D eigenvalue weighted by Crippen LogP contribution is 2.32. The molecule has 1 fully saturated rings. The lowest BCUT2D eigenvalue weighted by Crippen LogP contribution is -2.25. The Morgan fingerprint density at radius 3 is 2.81 bits per heavy atom. The van der Waals surface area contributed by atoms with Crippen LogP contribution in [0.3, 0.4) is 0 Å². The molecule has 0 atom stereocenters. The monoisotopic (exact) mass is 221 g/mol. The molecule has 86 valence electrons. The number of rotatable bonds is 4. The van der Waals surface area contributed by atoms with E-state index in [2.05, 4.69) is 0 Å². The summed E-state index contributed by atoms with van der Waals surface area (Å²) in [6.07, 6.45) is 2.49. The summed E-state index contributed by atoms with van der Waals surface area (Å²) >= 11 is 0. The fraction of sp³-hybridized carbons (Fsp3) is 0.417. The third kappa shape index (κ3) is 2.15. The van der Waals surface area contributed by atoms with Crippen molar-refractivity contribution in [3.8, 4) is 0 Å². The summed E-state index contributed by atoms with van der Waals surface area (Å²) in [6.45, 7) is 0.906. The van der Waals surface area contributed by atoms with Gasteiger partial charge in [0, 0.05) is 13.6 Å². The van der Waals surface area contributed by atoms with Gasteiger partial charge in [-0.05, 0) is 30.9 Å². The average molecular weight is 221 g/mol. The predicted molar refractivity (Wildman–Crippen MR) is 63.4 cm³/mol. The largest absolute Gasteiger partial charge is 0.384 e. The summed E-state index contributed by atoms with van der Waals surface area (Å²) in [5.41, 5.74) is 6.34. The molecule has 0 bridgehead atoms. The van der Waals surface area contributed by atoms with Crippen molar-refractivity contribution >= 4 is 11.5 Å². The van der Waals surface area contributed by atoms with Crippen molar-refractivity contribution in [2.75, 3.05) is 18.5 Å². The maximum absolute atomic E-state index is 13.6. The van der Waals surface area contributed by atoms with E-state index in [9.17, 15) is 4.39 Å². The molecule has 0 aliphatic heterocycles. The van der Waals surface area contributed by atoms with Crippen LogP contribution in [-0.2, 0) is 0 Å². The van der Waals surface area contributed by atoms with Crippen LogP contribution in [0, 0.1) is 17.1 Å². The van der Waals surface area contributed by atoms with Gasteiger partial charge in [0.1, 0.15) is 11.7 Å². The number of nitrogens with one attached hydrogen (secondary N) is 1. The molecule has 1 aromatic carbocycles. The van der Waals surface area contributed by atoms with E-state index in [1.165, 1.54) is 18.9 Å². The third-order valence-corrected chi connectivity index (χ3v) is 2.90. The van der Waals surface area contributed by atoms with Crippen molar-refractivity contribution in [3.63, 3.8) is 0 Å². The lowest BCUT2D eigenvalue weighted by Gasteiger charge is -2.22. The van der Waals surface area contributed by atoms with Crippen LogP contribution in [0.5, 0.6) is 0 Å². The summed E-state index contributed by atoms with van der Waals surface area (Å²) in [5, 5.41) is 7.42. The van der Waals surface area contributed by atoms with E-state index < -0.39 is 5.82 Å². The highest BCUT2D eigenvalue weighted by atomic mass is 19.1. The van der Waals surface area contributed by atoms with E-state index >= 15 is 0 Å². The van der Waals surface area contributed by atoms with Gasteiger partial charge in [0.2, 0.25) is 0 Å². The predicted octanol–water partition coefficient (Wildman–Crippen LogP) is 1.96. The van der Waals surface area contributed by atoms with Gasteiger partial charge in [-0.1, -0.05) is 6.07 Å². The van der Waals surface area contributed by atoms with Crippen LogP contribution >= 0.6 is 0 Å². The molecule has 1 aliphatic carbocycles. The maximum atomic E-state index is 13.6. The molecule has 0 spiro atoms. The minimum absolute atomic E-state index is 0.212. The Balaban J connectivity index is 2.30. The van der Waals surface area contributed by atoms with Gasteiger partial charge in [-0.15, -0.1) is 0 Å². The average Bonchev–Trinajstić information content (AvgIpc) is 3.00. The first kappa shape index (κ1) is 10.9. The molecule has 0 aromatic heterocycles. The SMILES string of the molecule is CN(CC1CC1)c1cccc(F)c1C(=N)N. The Hall–Kier alpha value is -1.58. The van der Waals surface area contributed by atoms with Crippen molar-refractivity contribution in [3.05, 3.63) is 29.6 Å². The molecule has 3 N–H and O–H groups in total. The molecule has 4 heteroatoms. The second kappa shape index (κ2) is 4.12. The zero-order valence-corrected chi connectivity index (χ0v) is 9.33. The van der Waals surface area contributed by atoms with E-state index in [0.717, 1.165) is 6.54 Å². The van der Waals surface area contributed by atoms with Gasteiger partial charge in [0.05, 0.1) is 11.3 Å². The molecule has 2 rings (SSSR count). The van der Waals surface area contributed by atoms with Gasteiger partial charge in [0.25, 0.3) is 0 Å². The Morgan fingerprint density at radius 2 is 2.25 bits per heavy atom. The van der Waals surface area contributed by atoms with Crippen LogP contribution in [-0.4, -0.2) is 19.4 Å². The molecule has 0 saturated heterocycles. The van der Waals surface area contributed by atoms with Crippen molar-refractivity contribution < 1.29 is 4.39 Å². The first-order chi connectivity index (χ1) is 7.59. The summed E-state index contributed by atoms with van der Waals surface area (Å²) < 4.78 is 13.6. The molecular weight excluding hydrogens is 205 g/mol. The number of benzene rings is 1. The smallest absolute Gasteiger partial charge is 0.136 e. The van der Waals surface area contributed by atoms with E-state index in [-0.39, 0.29) is 11.4 Å². The minimum atomic E-state index is -0.423. The molecular formula is C12H16FN3. The molecule has 0 amide bonds. The molecule has 0 unspecified atom stereocenters. The lowest BCUT2D eigenvalue weighted by molar-refractivity contribution is 0.623. The van der Waals surface area contributed by atoms with E-state index in [1.54, 1.807) is 6.07 Å². The maximum Gasteiger partial charge on any atom is 0.136 e. The van der Waals surface area contributed by atoms with Gasteiger partial charge in [0.15, 0.2) is 0 Å². The molecule has 1 saturated carbocycles. The zero-order chi connectivity index (χ0) is 11.7. The fourth-order valence-corrected chi connectivity index (χ4v) is 1.88. The number of hydrogen-bond donors (Lipinski definition) is 2. The highest BCUT2D eigenvalue weighted by molar-refractivity contribution is 6.00. The second-order valence-corrected chi connectivity index (χ2v) is 4.37. The lowest BCUT2D eigenvalue weighted by atomic mass is 10.1. The second-order valence-electron chi connectivity index (χ2n) is 4.37. The van der Waals surface area contributed by atoms with Crippen LogP contribution in [0.2, 0.25) is 0 Å². The van der Waals surface area contributed by atoms with Crippen LogP contribution in [0.25, 0.3) is 0 Å². The number of amidine groups is 1. The van der Waals surface area contributed by atoms with Crippen LogP contribution in [0.1, 0.15) is 18.4 Å². The highest BCUT2D eigenvalue weighted by Gasteiger charge is 2.24. The van der Waals surface area contributed by atoms with Gasteiger partial charge >= 0.3 is 0 Å². The van der Waals surface area contributed by atoms with Crippen molar-refractivity contribution in [1.82, 2.24) is 0 Å². The quantitative estimate of drug-likeness (QED) is 0.603. The van der Waals surface area contributed by atoms with Gasteiger partial charge in [-0.25, -0.2) is 4.39 Å². The van der Waals surface area contributed by atoms with Crippen LogP contribution in [0.15, 0.2) is 18.2 Å². The molecule has 3 nitrogen and oxygen atoms in total.